The highest BCUT2D eigenvalue weighted by Crippen LogP contribution is 2.01. The highest BCUT2D eigenvalue weighted by molar-refractivity contribution is 5.66. The van der Waals surface area contributed by atoms with Crippen LogP contribution >= 0.6 is 0 Å². The van der Waals surface area contributed by atoms with E-state index in [2.05, 4.69) is 18.9 Å². The van der Waals surface area contributed by atoms with Crippen LogP contribution in [0.5, 0.6) is 0 Å². The summed E-state index contributed by atoms with van der Waals surface area (Å²) in [5, 5.41) is 8.45. The van der Waals surface area contributed by atoms with Crippen LogP contribution in [0.1, 0.15) is 45.4 Å². The van der Waals surface area contributed by atoms with Crippen molar-refractivity contribution in [1.29, 1.82) is 0 Å². The van der Waals surface area contributed by atoms with E-state index in [1.807, 2.05) is 0 Å². The van der Waals surface area contributed by atoms with Crippen LogP contribution in [-0.4, -0.2) is 36.1 Å². The van der Waals surface area contributed by atoms with E-state index in [0.29, 0.717) is 6.42 Å². The first-order chi connectivity index (χ1) is 6.66. The summed E-state index contributed by atoms with van der Waals surface area (Å²) in [6.07, 6.45) is 6.15. The van der Waals surface area contributed by atoms with Crippen LogP contribution in [0.3, 0.4) is 0 Å². The molecule has 14 heavy (non-hydrogen) atoms. The lowest BCUT2D eigenvalue weighted by atomic mass is 10.2. The van der Waals surface area contributed by atoms with Gasteiger partial charge >= 0.3 is 5.97 Å². The highest BCUT2D eigenvalue weighted by atomic mass is 16.4. The van der Waals surface area contributed by atoms with Crippen molar-refractivity contribution in [2.45, 2.75) is 45.4 Å². The van der Waals surface area contributed by atoms with E-state index in [9.17, 15) is 4.79 Å². The number of aliphatic carboxylic acids is 1. The van der Waals surface area contributed by atoms with Crippen molar-refractivity contribution in [2.24, 2.45) is 0 Å². The van der Waals surface area contributed by atoms with Crippen molar-refractivity contribution in [3.8, 4) is 0 Å². The Morgan fingerprint density at radius 1 is 1.14 bits per heavy atom. The minimum Gasteiger partial charge on any atom is -0.481 e. The second-order valence-electron chi connectivity index (χ2n) is 3.86. The van der Waals surface area contributed by atoms with Gasteiger partial charge in [-0.25, -0.2) is 0 Å². The monoisotopic (exact) mass is 201 g/mol. The molecule has 0 aliphatic heterocycles. The van der Waals surface area contributed by atoms with E-state index in [0.717, 1.165) is 19.5 Å². The van der Waals surface area contributed by atoms with Crippen LogP contribution in [0.4, 0.5) is 0 Å². The molecule has 0 aromatic heterocycles. The summed E-state index contributed by atoms with van der Waals surface area (Å²) in [5.74, 6) is -0.690. The topological polar surface area (TPSA) is 40.5 Å². The van der Waals surface area contributed by atoms with Crippen molar-refractivity contribution >= 4 is 5.97 Å². The molecule has 3 heteroatoms. The molecule has 0 unspecified atom stereocenters. The summed E-state index contributed by atoms with van der Waals surface area (Å²) in [6, 6.07) is 0. The Labute approximate surface area is 87.1 Å². The normalized spacial score (nSPS) is 10.8. The molecular formula is C11H23NO2. The van der Waals surface area contributed by atoms with Crippen molar-refractivity contribution in [3.05, 3.63) is 0 Å². The molecule has 0 aliphatic carbocycles. The lowest BCUT2D eigenvalue weighted by molar-refractivity contribution is -0.137. The van der Waals surface area contributed by atoms with Crippen LogP contribution in [0.15, 0.2) is 0 Å². The number of carboxylic acids is 1. The van der Waals surface area contributed by atoms with Crippen LogP contribution in [0, 0.1) is 0 Å². The molecule has 0 aliphatic rings. The second-order valence-corrected chi connectivity index (χ2v) is 3.86. The SMILES string of the molecule is CCCCCCN(C)CCCC(=O)O. The molecule has 0 aromatic rings. The average molecular weight is 201 g/mol. The number of hydrogen-bond acceptors (Lipinski definition) is 2. The number of carbonyl (C=O) groups is 1. The maximum Gasteiger partial charge on any atom is 0.303 e. The van der Waals surface area contributed by atoms with Gasteiger partial charge in [0.2, 0.25) is 0 Å². The van der Waals surface area contributed by atoms with E-state index >= 15 is 0 Å². The Balaban J connectivity index is 3.19. The predicted octanol–water partition coefficient (Wildman–Crippen LogP) is 2.36. The summed E-state index contributed by atoms with van der Waals surface area (Å²) in [4.78, 5) is 12.5. The van der Waals surface area contributed by atoms with Crippen LogP contribution < -0.4 is 0 Å². The third kappa shape index (κ3) is 9.52. The Morgan fingerprint density at radius 3 is 2.36 bits per heavy atom. The summed E-state index contributed by atoms with van der Waals surface area (Å²) < 4.78 is 0. The molecule has 0 amide bonds. The van der Waals surface area contributed by atoms with E-state index in [1.54, 1.807) is 0 Å². The third-order valence-corrected chi connectivity index (χ3v) is 2.32. The molecule has 84 valence electrons. The van der Waals surface area contributed by atoms with Crippen molar-refractivity contribution in [3.63, 3.8) is 0 Å². The first kappa shape index (κ1) is 13.4. The molecule has 3 nitrogen and oxygen atoms in total. The molecule has 0 radical (unpaired) electrons. The van der Waals surface area contributed by atoms with Crippen molar-refractivity contribution in [2.75, 3.05) is 20.1 Å². The zero-order valence-electron chi connectivity index (χ0n) is 9.46. The zero-order valence-corrected chi connectivity index (χ0v) is 9.46. The fourth-order valence-electron chi connectivity index (χ4n) is 1.42. The average Bonchev–Trinajstić information content (AvgIpc) is 2.12. The maximum absolute atomic E-state index is 10.3. The zero-order chi connectivity index (χ0) is 10.8. The molecule has 0 heterocycles. The number of carboxylic acid groups (broad SMARTS) is 1. The Kier molecular flexibility index (Phi) is 8.64. The summed E-state index contributed by atoms with van der Waals surface area (Å²) in [6.45, 7) is 4.20. The standard InChI is InChI=1S/C11H23NO2/c1-3-4-5-6-9-12(2)10-7-8-11(13)14/h3-10H2,1-2H3,(H,13,14). The van der Waals surface area contributed by atoms with Crippen molar-refractivity contribution in [1.82, 2.24) is 4.90 Å². The van der Waals surface area contributed by atoms with Gasteiger partial charge in [-0.1, -0.05) is 26.2 Å². The van der Waals surface area contributed by atoms with Gasteiger partial charge in [-0.2, -0.15) is 0 Å². The van der Waals surface area contributed by atoms with E-state index in [4.69, 9.17) is 5.11 Å². The number of nitrogens with zero attached hydrogens (tertiary/aromatic N) is 1. The molecule has 0 spiro atoms. The molecule has 1 N–H and O–H groups in total. The van der Waals surface area contributed by atoms with Crippen LogP contribution in [-0.2, 0) is 4.79 Å². The van der Waals surface area contributed by atoms with Crippen LogP contribution in [0.2, 0.25) is 0 Å². The lowest BCUT2D eigenvalue weighted by Gasteiger charge is -2.15. The third-order valence-electron chi connectivity index (χ3n) is 2.32. The number of unbranched alkanes of at least 4 members (excludes halogenated alkanes) is 3. The van der Waals surface area contributed by atoms with E-state index in [-0.39, 0.29) is 0 Å². The Hall–Kier alpha value is -0.570. The summed E-state index contributed by atoms with van der Waals surface area (Å²) in [5.41, 5.74) is 0. The van der Waals surface area contributed by atoms with Gasteiger partial charge in [0.15, 0.2) is 0 Å². The molecule has 0 aromatic carbocycles. The highest BCUT2D eigenvalue weighted by Gasteiger charge is 2.00. The molecular weight excluding hydrogens is 178 g/mol. The molecule has 0 fully saturated rings. The van der Waals surface area contributed by atoms with E-state index < -0.39 is 5.97 Å². The smallest absolute Gasteiger partial charge is 0.303 e. The minimum absolute atomic E-state index is 0.291. The second kappa shape index (κ2) is 9.00. The minimum atomic E-state index is -0.690. The van der Waals surface area contributed by atoms with Gasteiger partial charge in [-0.3, -0.25) is 4.79 Å². The summed E-state index contributed by atoms with van der Waals surface area (Å²) >= 11 is 0. The Morgan fingerprint density at radius 2 is 1.79 bits per heavy atom. The Bertz CT molecular complexity index is 148. The first-order valence-corrected chi connectivity index (χ1v) is 5.57. The van der Waals surface area contributed by atoms with Gasteiger partial charge in [0.25, 0.3) is 0 Å². The quantitative estimate of drug-likeness (QED) is 0.582. The van der Waals surface area contributed by atoms with E-state index in [1.165, 1.54) is 25.7 Å². The molecule has 0 atom stereocenters. The molecule has 0 bridgehead atoms. The largest absolute Gasteiger partial charge is 0.481 e. The fraction of sp³-hybridized carbons (Fsp3) is 0.909. The van der Waals surface area contributed by atoms with Gasteiger partial charge in [0.05, 0.1) is 0 Å². The van der Waals surface area contributed by atoms with Gasteiger partial charge in [-0.15, -0.1) is 0 Å². The molecule has 0 rings (SSSR count). The lowest BCUT2D eigenvalue weighted by Crippen LogP contribution is -2.21. The summed E-state index contributed by atoms with van der Waals surface area (Å²) in [7, 11) is 2.06. The van der Waals surface area contributed by atoms with Gasteiger partial charge in [0, 0.05) is 6.42 Å². The molecule has 0 saturated heterocycles. The van der Waals surface area contributed by atoms with Crippen LogP contribution in [0.25, 0.3) is 0 Å². The number of rotatable bonds is 9. The number of hydrogen-bond donors (Lipinski definition) is 1. The van der Waals surface area contributed by atoms with Crippen molar-refractivity contribution < 1.29 is 9.90 Å². The maximum atomic E-state index is 10.3. The first-order valence-electron chi connectivity index (χ1n) is 5.57. The molecule has 0 saturated carbocycles. The van der Waals surface area contributed by atoms with Gasteiger partial charge in [-0.05, 0) is 33.0 Å². The fourth-order valence-corrected chi connectivity index (χ4v) is 1.42. The van der Waals surface area contributed by atoms with Gasteiger partial charge < -0.3 is 10.0 Å². The van der Waals surface area contributed by atoms with Gasteiger partial charge in [0.1, 0.15) is 0 Å². The predicted molar refractivity (Wildman–Crippen MR) is 58.5 cm³/mol.